The first-order valence-electron chi connectivity index (χ1n) is 7.68. The number of sulfonamides is 1. The molecule has 2 rings (SSSR count). The Morgan fingerprint density at radius 1 is 1.25 bits per heavy atom. The van der Waals surface area contributed by atoms with Crippen molar-refractivity contribution in [3.8, 4) is 0 Å². The summed E-state index contributed by atoms with van der Waals surface area (Å²) in [4.78, 5) is 12.0. The van der Waals surface area contributed by atoms with Crippen LogP contribution in [-0.2, 0) is 27.7 Å². The number of nitrogens with one attached hydrogen (secondary N) is 2. The van der Waals surface area contributed by atoms with Gasteiger partial charge in [-0.2, -0.15) is 0 Å². The Kier molecular flexibility index (Phi) is 6.10. The van der Waals surface area contributed by atoms with E-state index in [4.69, 9.17) is 4.52 Å². The third-order valence-electron chi connectivity index (χ3n) is 3.32. The summed E-state index contributed by atoms with van der Waals surface area (Å²) in [5, 5.41) is 6.57. The molecule has 0 saturated heterocycles. The van der Waals surface area contributed by atoms with E-state index in [-0.39, 0.29) is 17.2 Å². The molecule has 0 fully saturated rings. The number of nitrogens with zero attached hydrogens (tertiary/aromatic N) is 1. The normalized spacial score (nSPS) is 11.4. The molecule has 0 unspecified atom stereocenters. The molecule has 2 aromatic rings. The Balaban J connectivity index is 1.81. The highest BCUT2D eigenvalue weighted by Crippen LogP contribution is 2.10. The molecule has 2 N–H and O–H groups in total. The van der Waals surface area contributed by atoms with Crippen LogP contribution >= 0.6 is 0 Å². The van der Waals surface area contributed by atoms with Crippen LogP contribution < -0.4 is 10.0 Å². The van der Waals surface area contributed by atoms with Gasteiger partial charge in [-0.3, -0.25) is 4.79 Å². The van der Waals surface area contributed by atoms with E-state index in [0.717, 1.165) is 5.56 Å². The lowest BCUT2D eigenvalue weighted by molar-refractivity contribution is -0.120. The van der Waals surface area contributed by atoms with Gasteiger partial charge in [0.05, 0.1) is 17.0 Å². The van der Waals surface area contributed by atoms with Crippen molar-refractivity contribution in [1.82, 2.24) is 15.2 Å². The van der Waals surface area contributed by atoms with Crippen molar-refractivity contribution in [3.63, 3.8) is 0 Å². The number of hydrogen-bond acceptors (Lipinski definition) is 5. The van der Waals surface area contributed by atoms with E-state index in [1.54, 1.807) is 44.2 Å². The molecule has 0 aliphatic rings. The predicted molar refractivity (Wildman–Crippen MR) is 89.0 cm³/mol. The predicted octanol–water partition coefficient (Wildman–Crippen LogP) is 1.18. The molecule has 0 saturated carbocycles. The van der Waals surface area contributed by atoms with Gasteiger partial charge in [0.25, 0.3) is 0 Å². The molecule has 24 heavy (non-hydrogen) atoms. The Labute approximate surface area is 141 Å². The molecular weight excluding hydrogens is 330 g/mol. The minimum atomic E-state index is -3.43. The Hall–Kier alpha value is -2.19. The van der Waals surface area contributed by atoms with Gasteiger partial charge >= 0.3 is 0 Å². The van der Waals surface area contributed by atoms with E-state index >= 15 is 0 Å². The standard InChI is InChI=1S/C16H21N3O4S/c1-3-18-24(21,22)15-6-4-13(5-7-15)8-9-17-16(20)11-14-10-12(2)23-19-14/h4-7,10,18H,3,8-9,11H2,1-2H3,(H,17,20). The van der Waals surface area contributed by atoms with Crippen molar-refractivity contribution in [2.45, 2.75) is 31.6 Å². The third-order valence-corrected chi connectivity index (χ3v) is 4.88. The fourth-order valence-corrected chi connectivity index (χ4v) is 3.22. The first-order valence-corrected chi connectivity index (χ1v) is 9.16. The molecule has 7 nitrogen and oxygen atoms in total. The molecule has 0 atom stereocenters. The van der Waals surface area contributed by atoms with Gasteiger partial charge < -0.3 is 9.84 Å². The highest BCUT2D eigenvalue weighted by atomic mass is 32.2. The number of hydrogen-bond donors (Lipinski definition) is 2. The Morgan fingerprint density at radius 3 is 2.54 bits per heavy atom. The second-order valence-electron chi connectivity index (χ2n) is 5.35. The molecule has 1 aromatic carbocycles. The molecule has 0 radical (unpaired) electrons. The number of aryl methyl sites for hydroxylation is 1. The van der Waals surface area contributed by atoms with Crippen LogP contribution in [0.25, 0.3) is 0 Å². The fourth-order valence-electron chi connectivity index (χ4n) is 2.18. The lowest BCUT2D eigenvalue weighted by Crippen LogP contribution is -2.27. The first-order chi connectivity index (χ1) is 11.4. The van der Waals surface area contributed by atoms with E-state index in [9.17, 15) is 13.2 Å². The Morgan fingerprint density at radius 2 is 1.96 bits per heavy atom. The summed E-state index contributed by atoms with van der Waals surface area (Å²) in [7, 11) is -3.43. The number of rotatable bonds is 8. The molecule has 130 valence electrons. The maximum atomic E-state index is 11.8. The molecule has 0 aliphatic heterocycles. The zero-order chi connectivity index (χ0) is 17.6. The summed E-state index contributed by atoms with van der Waals surface area (Å²) in [5.41, 5.74) is 1.55. The monoisotopic (exact) mass is 351 g/mol. The van der Waals surface area contributed by atoms with E-state index in [1.807, 2.05) is 0 Å². The van der Waals surface area contributed by atoms with Crippen molar-refractivity contribution in [2.75, 3.05) is 13.1 Å². The second-order valence-corrected chi connectivity index (χ2v) is 7.12. The topological polar surface area (TPSA) is 101 Å². The van der Waals surface area contributed by atoms with Gasteiger partial charge in [0.15, 0.2) is 0 Å². The molecule has 1 amide bonds. The summed E-state index contributed by atoms with van der Waals surface area (Å²) in [5.74, 6) is 0.542. The quantitative estimate of drug-likeness (QED) is 0.744. The number of aromatic nitrogens is 1. The van der Waals surface area contributed by atoms with Crippen molar-refractivity contribution >= 4 is 15.9 Å². The largest absolute Gasteiger partial charge is 0.361 e. The highest BCUT2D eigenvalue weighted by Gasteiger charge is 2.12. The van der Waals surface area contributed by atoms with Crippen LogP contribution in [0.4, 0.5) is 0 Å². The van der Waals surface area contributed by atoms with Gasteiger partial charge in [0.2, 0.25) is 15.9 Å². The summed E-state index contributed by atoms with van der Waals surface area (Å²) in [6.45, 7) is 4.32. The molecule has 1 heterocycles. The summed E-state index contributed by atoms with van der Waals surface area (Å²) >= 11 is 0. The molecular formula is C16H21N3O4S. The van der Waals surface area contributed by atoms with E-state index in [1.165, 1.54) is 0 Å². The van der Waals surface area contributed by atoms with Crippen LogP contribution in [0, 0.1) is 6.92 Å². The average Bonchev–Trinajstić information content (AvgIpc) is 2.93. The van der Waals surface area contributed by atoms with Gasteiger partial charge in [0.1, 0.15) is 5.76 Å². The van der Waals surface area contributed by atoms with Gasteiger partial charge in [-0.05, 0) is 31.0 Å². The number of carbonyl (C=O) groups is 1. The first kappa shape index (κ1) is 18.2. The minimum Gasteiger partial charge on any atom is -0.361 e. The van der Waals surface area contributed by atoms with Crippen molar-refractivity contribution in [1.29, 1.82) is 0 Å². The van der Waals surface area contributed by atoms with Crippen LogP contribution in [-0.4, -0.2) is 32.6 Å². The lowest BCUT2D eigenvalue weighted by Gasteiger charge is -2.07. The maximum absolute atomic E-state index is 11.8. The second kappa shape index (κ2) is 8.07. The summed E-state index contributed by atoms with van der Waals surface area (Å²) < 4.78 is 31.0. The molecule has 0 aliphatic carbocycles. The zero-order valence-corrected chi connectivity index (χ0v) is 14.5. The van der Waals surface area contributed by atoms with Crippen molar-refractivity contribution < 1.29 is 17.7 Å². The number of carbonyl (C=O) groups excluding carboxylic acids is 1. The maximum Gasteiger partial charge on any atom is 0.240 e. The third kappa shape index (κ3) is 5.17. The van der Waals surface area contributed by atoms with Crippen LogP contribution in [0.15, 0.2) is 39.8 Å². The van der Waals surface area contributed by atoms with Gasteiger partial charge in [-0.1, -0.05) is 24.2 Å². The SMILES string of the molecule is CCNS(=O)(=O)c1ccc(CCNC(=O)Cc2cc(C)on2)cc1. The summed E-state index contributed by atoms with van der Waals surface area (Å²) in [6, 6.07) is 8.35. The number of benzene rings is 1. The minimum absolute atomic E-state index is 0.130. The fraction of sp³-hybridized carbons (Fsp3) is 0.375. The van der Waals surface area contributed by atoms with Crippen LogP contribution in [0.1, 0.15) is 23.9 Å². The van der Waals surface area contributed by atoms with Crippen molar-refractivity contribution in [3.05, 3.63) is 47.3 Å². The molecule has 0 bridgehead atoms. The Bertz CT molecular complexity index is 782. The van der Waals surface area contributed by atoms with Crippen molar-refractivity contribution in [2.24, 2.45) is 0 Å². The van der Waals surface area contributed by atoms with E-state index in [0.29, 0.717) is 31.0 Å². The summed E-state index contributed by atoms with van der Waals surface area (Å²) in [6.07, 6.45) is 0.794. The van der Waals surface area contributed by atoms with Gasteiger partial charge in [0, 0.05) is 19.2 Å². The van der Waals surface area contributed by atoms with Gasteiger partial charge in [-0.15, -0.1) is 0 Å². The average molecular weight is 351 g/mol. The lowest BCUT2D eigenvalue weighted by atomic mass is 10.1. The molecule has 0 spiro atoms. The van der Waals surface area contributed by atoms with Crippen LogP contribution in [0.2, 0.25) is 0 Å². The number of amides is 1. The van der Waals surface area contributed by atoms with E-state index < -0.39 is 10.0 Å². The van der Waals surface area contributed by atoms with Crippen LogP contribution in [0.3, 0.4) is 0 Å². The zero-order valence-electron chi connectivity index (χ0n) is 13.7. The molecule has 8 heteroatoms. The smallest absolute Gasteiger partial charge is 0.240 e. The van der Waals surface area contributed by atoms with Gasteiger partial charge in [-0.25, -0.2) is 13.1 Å². The van der Waals surface area contributed by atoms with E-state index in [2.05, 4.69) is 15.2 Å². The molecule has 1 aromatic heterocycles. The highest BCUT2D eigenvalue weighted by molar-refractivity contribution is 7.89. The van der Waals surface area contributed by atoms with Crippen LogP contribution in [0.5, 0.6) is 0 Å².